The number of fused-ring (bicyclic) bond motifs is 3. The Balaban J connectivity index is 2.44. The molecule has 1 aromatic heterocycles. The van der Waals surface area contributed by atoms with E-state index >= 15 is 0 Å². The molecule has 0 aliphatic heterocycles. The van der Waals surface area contributed by atoms with E-state index in [-0.39, 0.29) is 11.4 Å². The lowest BCUT2D eigenvalue weighted by atomic mass is 9.93. The van der Waals surface area contributed by atoms with Crippen LogP contribution in [0.5, 0.6) is 0 Å². The summed E-state index contributed by atoms with van der Waals surface area (Å²) in [5.41, 5.74) is 1.18. The van der Waals surface area contributed by atoms with Crippen LogP contribution in [0.25, 0.3) is 21.7 Å². The summed E-state index contributed by atoms with van der Waals surface area (Å²) in [7, 11) is 1.40. The van der Waals surface area contributed by atoms with Gasteiger partial charge in [0.25, 0.3) is 0 Å². The molecule has 3 heteroatoms. The van der Waals surface area contributed by atoms with Crippen LogP contribution in [-0.2, 0) is 10.2 Å². The fourth-order valence-electron chi connectivity index (χ4n) is 2.50. The van der Waals surface area contributed by atoms with Crippen molar-refractivity contribution < 1.29 is 13.9 Å². The molecule has 21 heavy (non-hydrogen) atoms. The highest BCUT2D eigenvalue weighted by atomic mass is 16.5. The first-order valence-electron chi connectivity index (χ1n) is 6.96. The normalized spacial score (nSPS) is 12.0. The second-order valence-electron chi connectivity index (χ2n) is 6.24. The summed E-state index contributed by atoms with van der Waals surface area (Å²) >= 11 is 0. The number of furan rings is 1. The van der Waals surface area contributed by atoms with E-state index in [1.807, 2.05) is 36.4 Å². The van der Waals surface area contributed by atoms with Crippen LogP contribution in [0.4, 0.5) is 0 Å². The van der Waals surface area contributed by atoms with E-state index in [0.717, 1.165) is 27.5 Å². The maximum atomic E-state index is 12.1. The second-order valence-corrected chi connectivity index (χ2v) is 6.24. The number of carbonyl (C=O) groups excluding carboxylic acids is 1. The van der Waals surface area contributed by atoms with Crippen LogP contribution in [-0.4, -0.2) is 13.1 Å². The molecule has 3 aromatic rings. The quantitative estimate of drug-likeness (QED) is 0.609. The molecule has 0 unspecified atom stereocenters. The number of methoxy groups -OCH3 is 1. The third-order valence-electron chi connectivity index (χ3n) is 3.67. The summed E-state index contributed by atoms with van der Waals surface area (Å²) in [6, 6.07) is 11.7. The summed E-state index contributed by atoms with van der Waals surface area (Å²) in [5.74, 6) is 0.519. The van der Waals surface area contributed by atoms with Crippen molar-refractivity contribution in [3.63, 3.8) is 0 Å². The molecule has 0 amide bonds. The monoisotopic (exact) mass is 282 g/mol. The smallest absolute Gasteiger partial charge is 0.338 e. The maximum absolute atomic E-state index is 12.1. The first kappa shape index (κ1) is 13.7. The molecule has 3 rings (SSSR count). The zero-order chi connectivity index (χ0) is 15.2. The predicted molar refractivity (Wildman–Crippen MR) is 83.8 cm³/mol. The van der Waals surface area contributed by atoms with Crippen molar-refractivity contribution in [2.45, 2.75) is 26.2 Å². The van der Waals surface area contributed by atoms with Gasteiger partial charge in [-0.2, -0.15) is 0 Å². The topological polar surface area (TPSA) is 39.4 Å². The fourth-order valence-corrected chi connectivity index (χ4v) is 2.50. The zero-order valence-electron chi connectivity index (χ0n) is 12.7. The number of hydrogen-bond donors (Lipinski definition) is 0. The molecule has 0 bridgehead atoms. The lowest BCUT2D eigenvalue weighted by Gasteiger charge is -2.13. The summed E-state index contributed by atoms with van der Waals surface area (Å²) in [5, 5.41) is 2.79. The molecular formula is C18H18O3. The standard InChI is InChI=1S/C18H18O3/c1-18(2,3)15-10-13-14(17(19)20-4)9-11-7-5-6-8-12(11)16(13)21-15/h5-10H,1-4H3. The van der Waals surface area contributed by atoms with Crippen LogP contribution in [0.2, 0.25) is 0 Å². The number of esters is 1. The summed E-state index contributed by atoms with van der Waals surface area (Å²) in [6.07, 6.45) is 0. The van der Waals surface area contributed by atoms with Gasteiger partial charge >= 0.3 is 5.97 Å². The van der Waals surface area contributed by atoms with Gasteiger partial charge in [-0.3, -0.25) is 0 Å². The van der Waals surface area contributed by atoms with Crippen LogP contribution in [0, 0.1) is 0 Å². The van der Waals surface area contributed by atoms with Crippen LogP contribution in [0.15, 0.2) is 40.8 Å². The van der Waals surface area contributed by atoms with Crippen molar-refractivity contribution >= 4 is 27.7 Å². The molecule has 3 nitrogen and oxygen atoms in total. The van der Waals surface area contributed by atoms with Gasteiger partial charge in [-0.25, -0.2) is 4.79 Å². The molecule has 0 radical (unpaired) electrons. The Hall–Kier alpha value is -2.29. The molecule has 0 aliphatic rings. The lowest BCUT2D eigenvalue weighted by molar-refractivity contribution is 0.0603. The minimum Gasteiger partial charge on any atom is -0.465 e. The van der Waals surface area contributed by atoms with E-state index in [1.165, 1.54) is 7.11 Å². The highest BCUT2D eigenvalue weighted by molar-refractivity contribution is 6.14. The Morgan fingerprint density at radius 1 is 1.10 bits per heavy atom. The average Bonchev–Trinajstić information content (AvgIpc) is 2.91. The van der Waals surface area contributed by atoms with Gasteiger partial charge in [0.15, 0.2) is 0 Å². The molecule has 0 fully saturated rings. The molecule has 0 atom stereocenters. The Kier molecular flexibility index (Phi) is 3.01. The van der Waals surface area contributed by atoms with Crippen LogP contribution < -0.4 is 0 Å². The first-order valence-corrected chi connectivity index (χ1v) is 6.96. The van der Waals surface area contributed by atoms with Crippen molar-refractivity contribution in [3.05, 3.63) is 47.7 Å². The van der Waals surface area contributed by atoms with Crippen molar-refractivity contribution in [1.29, 1.82) is 0 Å². The predicted octanol–water partition coefficient (Wildman–Crippen LogP) is 4.67. The number of rotatable bonds is 1. The minimum atomic E-state index is -0.341. The van der Waals surface area contributed by atoms with Crippen LogP contribution in [0.1, 0.15) is 36.9 Å². The van der Waals surface area contributed by atoms with E-state index in [1.54, 1.807) is 0 Å². The summed E-state index contributed by atoms with van der Waals surface area (Å²) in [6.45, 7) is 6.26. The average molecular weight is 282 g/mol. The van der Waals surface area contributed by atoms with Gasteiger partial charge in [-0.05, 0) is 17.5 Å². The van der Waals surface area contributed by atoms with E-state index < -0.39 is 0 Å². The van der Waals surface area contributed by atoms with Crippen molar-refractivity contribution in [2.75, 3.05) is 7.11 Å². The third-order valence-corrected chi connectivity index (χ3v) is 3.67. The number of benzene rings is 2. The molecule has 1 heterocycles. The fraction of sp³-hybridized carbons (Fsp3) is 0.278. The van der Waals surface area contributed by atoms with Gasteiger partial charge in [0.2, 0.25) is 0 Å². The molecule has 0 saturated carbocycles. The Morgan fingerprint density at radius 2 is 1.81 bits per heavy atom. The number of ether oxygens (including phenoxy) is 1. The maximum Gasteiger partial charge on any atom is 0.338 e. The van der Waals surface area contributed by atoms with Crippen molar-refractivity contribution in [2.24, 2.45) is 0 Å². The molecule has 0 aliphatic carbocycles. The van der Waals surface area contributed by atoms with Gasteiger partial charge in [-0.15, -0.1) is 0 Å². The van der Waals surface area contributed by atoms with Gasteiger partial charge in [0, 0.05) is 16.2 Å². The molecular weight excluding hydrogens is 264 g/mol. The molecule has 0 N–H and O–H groups in total. The second kappa shape index (κ2) is 4.62. The largest absolute Gasteiger partial charge is 0.465 e. The highest BCUT2D eigenvalue weighted by Crippen LogP contribution is 2.35. The minimum absolute atomic E-state index is 0.118. The lowest BCUT2D eigenvalue weighted by Crippen LogP contribution is -2.09. The van der Waals surface area contributed by atoms with Gasteiger partial charge in [0.1, 0.15) is 11.3 Å². The van der Waals surface area contributed by atoms with Crippen LogP contribution in [0.3, 0.4) is 0 Å². The van der Waals surface area contributed by atoms with E-state index in [4.69, 9.17) is 9.15 Å². The Morgan fingerprint density at radius 3 is 2.48 bits per heavy atom. The zero-order valence-corrected chi connectivity index (χ0v) is 12.7. The van der Waals surface area contributed by atoms with E-state index in [0.29, 0.717) is 5.56 Å². The summed E-state index contributed by atoms with van der Waals surface area (Å²) < 4.78 is 11.0. The van der Waals surface area contributed by atoms with Gasteiger partial charge in [0.05, 0.1) is 12.7 Å². The first-order chi connectivity index (χ1) is 9.91. The van der Waals surface area contributed by atoms with Gasteiger partial charge < -0.3 is 9.15 Å². The van der Waals surface area contributed by atoms with Crippen LogP contribution >= 0.6 is 0 Å². The van der Waals surface area contributed by atoms with Crippen molar-refractivity contribution in [3.8, 4) is 0 Å². The molecule has 108 valence electrons. The van der Waals surface area contributed by atoms with Crippen molar-refractivity contribution in [1.82, 2.24) is 0 Å². The van der Waals surface area contributed by atoms with E-state index in [9.17, 15) is 4.79 Å². The molecule has 0 spiro atoms. The number of carbonyl (C=O) groups is 1. The SMILES string of the molecule is COC(=O)c1cc2ccccc2c2oc(C(C)(C)C)cc12. The Bertz CT molecular complexity index is 835. The molecule has 2 aromatic carbocycles. The van der Waals surface area contributed by atoms with E-state index in [2.05, 4.69) is 20.8 Å². The van der Waals surface area contributed by atoms with Gasteiger partial charge in [-0.1, -0.05) is 45.0 Å². The highest BCUT2D eigenvalue weighted by Gasteiger charge is 2.23. The summed E-state index contributed by atoms with van der Waals surface area (Å²) in [4.78, 5) is 12.1. The number of hydrogen-bond acceptors (Lipinski definition) is 3. The molecule has 0 saturated heterocycles. The third kappa shape index (κ3) is 2.19. The Labute approximate surface area is 123 Å².